The summed E-state index contributed by atoms with van der Waals surface area (Å²) in [4.78, 5) is 25.1. The van der Waals surface area contributed by atoms with Gasteiger partial charge in [-0.15, -0.1) is 0 Å². The molecule has 1 unspecified atom stereocenters. The molecule has 0 aromatic heterocycles. The molecule has 0 bridgehead atoms. The van der Waals surface area contributed by atoms with Gasteiger partial charge >= 0.3 is 0 Å². The quantitative estimate of drug-likeness (QED) is 0.790. The number of nitrogens with zero attached hydrogens (tertiary/aromatic N) is 1. The lowest BCUT2D eigenvalue weighted by Crippen LogP contribution is -2.36. The van der Waals surface area contributed by atoms with E-state index in [2.05, 4.69) is 5.32 Å². The van der Waals surface area contributed by atoms with Crippen molar-refractivity contribution in [3.63, 3.8) is 0 Å². The van der Waals surface area contributed by atoms with Gasteiger partial charge in [0, 0.05) is 25.1 Å². The van der Waals surface area contributed by atoms with Crippen LogP contribution in [0.3, 0.4) is 0 Å². The highest BCUT2D eigenvalue weighted by Gasteiger charge is 2.16. The molecule has 1 rings (SSSR count). The first kappa shape index (κ1) is 15.3. The molecule has 0 fully saturated rings. The third-order valence-electron chi connectivity index (χ3n) is 2.84. The number of carbonyl (C=O) groups is 2. The fraction of sp³-hybridized carbons (Fsp3) is 0.429. The Morgan fingerprint density at radius 1 is 1.42 bits per heavy atom. The second-order valence-electron chi connectivity index (χ2n) is 4.65. The van der Waals surface area contributed by atoms with Crippen molar-refractivity contribution in [3.05, 3.63) is 35.6 Å². The zero-order valence-electron chi connectivity index (χ0n) is 11.4. The molecule has 5 heteroatoms. The van der Waals surface area contributed by atoms with Gasteiger partial charge in [0.2, 0.25) is 5.91 Å². The normalized spacial score (nSPS) is 12.3. The summed E-state index contributed by atoms with van der Waals surface area (Å²) < 4.78 is 13.0. The van der Waals surface area contributed by atoms with Gasteiger partial charge in [-0.2, -0.15) is 0 Å². The predicted molar refractivity (Wildman–Crippen MR) is 71.5 cm³/mol. The molecule has 19 heavy (non-hydrogen) atoms. The van der Waals surface area contributed by atoms with E-state index in [-0.39, 0.29) is 24.2 Å². The molecule has 0 aliphatic carbocycles. The minimum absolute atomic E-state index is 0.0648. The number of rotatable bonds is 6. The van der Waals surface area contributed by atoms with Gasteiger partial charge in [0.1, 0.15) is 5.82 Å². The van der Waals surface area contributed by atoms with Crippen molar-refractivity contribution in [2.24, 2.45) is 5.92 Å². The summed E-state index contributed by atoms with van der Waals surface area (Å²) in [6, 6.07) is 5.61. The zero-order chi connectivity index (χ0) is 14.4. The van der Waals surface area contributed by atoms with Crippen molar-refractivity contribution < 1.29 is 14.0 Å². The fourth-order valence-electron chi connectivity index (χ4n) is 1.86. The molecule has 0 aliphatic rings. The number of hydrogen-bond donors (Lipinski definition) is 1. The van der Waals surface area contributed by atoms with Gasteiger partial charge in [0.05, 0.1) is 6.54 Å². The number of ketones is 1. The van der Waals surface area contributed by atoms with E-state index in [0.717, 1.165) is 0 Å². The first-order valence-corrected chi connectivity index (χ1v) is 6.13. The van der Waals surface area contributed by atoms with Crippen molar-refractivity contribution in [3.8, 4) is 0 Å². The molecule has 0 heterocycles. The average molecular weight is 266 g/mol. The van der Waals surface area contributed by atoms with E-state index in [1.807, 2.05) is 0 Å². The van der Waals surface area contributed by atoms with Crippen molar-refractivity contribution in [2.45, 2.75) is 6.92 Å². The van der Waals surface area contributed by atoms with Crippen molar-refractivity contribution >= 4 is 11.7 Å². The maximum Gasteiger partial charge on any atom is 0.223 e. The molecule has 0 spiro atoms. The van der Waals surface area contributed by atoms with Gasteiger partial charge in [0.25, 0.3) is 0 Å². The smallest absolute Gasteiger partial charge is 0.223 e. The molecule has 0 saturated heterocycles. The van der Waals surface area contributed by atoms with Crippen molar-refractivity contribution in [1.82, 2.24) is 10.2 Å². The van der Waals surface area contributed by atoms with Crippen LogP contribution in [0.5, 0.6) is 0 Å². The molecule has 0 radical (unpaired) electrons. The zero-order valence-corrected chi connectivity index (χ0v) is 11.4. The Morgan fingerprint density at radius 3 is 2.68 bits per heavy atom. The molecule has 104 valence electrons. The lowest BCUT2D eigenvalue weighted by molar-refractivity contribution is -0.124. The largest absolute Gasteiger partial charge is 0.359 e. The average Bonchev–Trinajstić information content (AvgIpc) is 2.37. The van der Waals surface area contributed by atoms with Gasteiger partial charge in [-0.3, -0.25) is 14.5 Å². The van der Waals surface area contributed by atoms with Crippen LogP contribution in [-0.4, -0.2) is 43.8 Å². The molecule has 0 aliphatic heterocycles. The molecule has 1 amide bonds. The van der Waals surface area contributed by atoms with Crippen LogP contribution in [0.4, 0.5) is 4.39 Å². The van der Waals surface area contributed by atoms with Gasteiger partial charge in [0.15, 0.2) is 5.78 Å². The maximum absolute atomic E-state index is 13.0. The van der Waals surface area contributed by atoms with Crippen LogP contribution in [0.1, 0.15) is 17.3 Å². The summed E-state index contributed by atoms with van der Waals surface area (Å²) in [6.45, 7) is 2.42. The molecular formula is C14H19FN2O2. The minimum atomic E-state index is -0.424. The Bertz CT molecular complexity index is 463. The predicted octanol–water partition coefficient (Wildman–Crippen LogP) is 1.32. The minimum Gasteiger partial charge on any atom is -0.359 e. The number of Topliss-reactive ketones (excluding diaryl/α,β-unsaturated/α-hetero) is 1. The third-order valence-corrected chi connectivity index (χ3v) is 2.84. The second-order valence-corrected chi connectivity index (χ2v) is 4.65. The van der Waals surface area contributed by atoms with E-state index in [1.165, 1.54) is 18.2 Å². The fourth-order valence-corrected chi connectivity index (χ4v) is 1.86. The first-order chi connectivity index (χ1) is 8.93. The summed E-state index contributed by atoms with van der Waals surface area (Å²) >= 11 is 0. The van der Waals surface area contributed by atoms with E-state index in [1.54, 1.807) is 32.0 Å². The van der Waals surface area contributed by atoms with Gasteiger partial charge in [-0.05, 0) is 19.2 Å². The number of hydrogen-bond acceptors (Lipinski definition) is 3. The molecule has 1 aromatic rings. The van der Waals surface area contributed by atoms with E-state index < -0.39 is 5.82 Å². The van der Waals surface area contributed by atoms with Gasteiger partial charge < -0.3 is 5.32 Å². The Hall–Kier alpha value is -1.75. The van der Waals surface area contributed by atoms with Crippen LogP contribution in [-0.2, 0) is 4.79 Å². The number of benzene rings is 1. The topological polar surface area (TPSA) is 49.4 Å². The maximum atomic E-state index is 13.0. The Morgan fingerprint density at radius 2 is 2.11 bits per heavy atom. The van der Waals surface area contributed by atoms with Crippen molar-refractivity contribution in [1.29, 1.82) is 0 Å². The molecule has 1 aromatic carbocycles. The van der Waals surface area contributed by atoms with Crippen LogP contribution in [0.25, 0.3) is 0 Å². The summed E-state index contributed by atoms with van der Waals surface area (Å²) in [6.07, 6.45) is 0. The highest BCUT2D eigenvalue weighted by Crippen LogP contribution is 2.06. The summed E-state index contributed by atoms with van der Waals surface area (Å²) in [5.74, 6) is -0.848. The third kappa shape index (κ3) is 4.79. The van der Waals surface area contributed by atoms with E-state index in [0.29, 0.717) is 12.1 Å². The van der Waals surface area contributed by atoms with E-state index >= 15 is 0 Å². The number of nitrogens with one attached hydrogen (secondary N) is 1. The Balaban J connectivity index is 2.55. The number of likely N-dealkylation sites (N-methyl/N-ethyl adjacent to an activating group) is 1. The van der Waals surface area contributed by atoms with Gasteiger partial charge in [-0.1, -0.05) is 19.1 Å². The molecule has 0 saturated carbocycles. The molecule has 4 nitrogen and oxygen atoms in total. The van der Waals surface area contributed by atoms with Crippen LogP contribution < -0.4 is 5.32 Å². The summed E-state index contributed by atoms with van der Waals surface area (Å²) in [5, 5.41) is 2.56. The Kier molecular flexibility index (Phi) is 5.63. The Labute approximate surface area is 112 Å². The van der Waals surface area contributed by atoms with Crippen LogP contribution in [0.2, 0.25) is 0 Å². The standard InChI is InChI=1S/C14H19FN2O2/c1-10(14(19)16-2)8-17(3)9-13(18)11-5-4-6-12(15)7-11/h4-7,10H,8-9H2,1-3H3,(H,16,19). The first-order valence-electron chi connectivity index (χ1n) is 6.13. The lowest BCUT2D eigenvalue weighted by Gasteiger charge is -2.19. The SMILES string of the molecule is CNC(=O)C(C)CN(C)CC(=O)c1cccc(F)c1. The summed E-state index contributed by atoms with van der Waals surface area (Å²) in [7, 11) is 3.34. The van der Waals surface area contributed by atoms with Crippen molar-refractivity contribution in [2.75, 3.05) is 27.2 Å². The van der Waals surface area contributed by atoms with Gasteiger partial charge in [-0.25, -0.2) is 4.39 Å². The lowest BCUT2D eigenvalue weighted by atomic mass is 10.1. The van der Waals surface area contributed by atoms with E-state index in [9.17, 15) is 14.0 Å². The number of carbonyl (C=O) groups excluding carboxylic acids is 2. The highest BCUT2D eigenvalue weighted by atomic mass is 19.1. The van der Waals surface area contributed by atoms with Crippen LogP contribution >= 0.6 is 0 Å². The van der Waals surface area contributed by atoms with Crippen LogP contribution in [0.15, 0.2) is 24.3 Å². The number of amides is 1. The molecular weight excluding hydrogens is 247 g/mol. The second kappa shape index (κ2) is 6.99. The van der Waals surface area contributed by atoms with E-state index in [4.69, 9.17) is 0 Å². The van der Waals surface area contributed by atoms with Crippen LogP contribution in [0, 0.1) is 11.7 Å². The molecule has 1 N–H and O–H groups in total. The molecule has 1 atom stereocenters. The highest BCUT2D eigenvalue weighted by molar-refractivity contribution is 5.97. The summed E-state index contributed by atoms with van der Waals surface area (Å²) in [5.41, 5.74) is 0.347. The monoisotopic (exact) mass is 266 g/mol. The number of halogens is 1.